The van der Waals surface area contributed by atoms with Crippen molar-refractivity contribution in [3.05, 3.63) is 53.9 Å². The summed E-state index contributed by atoms with van der Waals surface area (Å²) in [7, 11) is 0. The molecule has 0 spiro atoms. The van der Waals surface area contributed by atoms with Crippen molar-refractivity contribution >= 4 is 27.4 Å². The van der Waals surface area contributed by atoms with Gasteiger partial charge in [-0.1, -0.05) is 42.5 Å². The van der Waals surface area contributed by atoms with Gasteiger partial charge < -0.3 is 9.64 Å². The number of fused-ring (bicyclic) bond motifs is 1. The van der Waals surface area contributed by atoms with Gasteiger partial charge in [0, 0.05) is 24.6 Å². The van der Waals surface area contributed by atoms with E-state index >= 15 is 0 Å². The van der Waals surface area contributed by atoms with Gasteiger partial charge in [0.15, 0.2) is 0 Å². The van der Waals surface area contributed by atoms with Crippen LogP contribution in [0.25, 0.3) is 10.8 Å². The minimum atomic E-state index is 0.281. The van der Waals surface area contributed by atoms with Crippen LogP contribution in [0.4, 0.5) is 5.13 Å². The maximum absolute atomic E-state index is 6.05. The molecule has 3 aromatic rings. The largest absolute Gasteiger partial charge is 0.370 e. The van der Waals surface area contributed by atoms with Crippen molar-refractivity contribution in [1.29, 1.82) is 0 Å². The summed E-state index contributed by atoms with van der Waals surface area (Å²) in [5.74, 6) is 0.847. The highest BCUT2D eigenvalue weighted by atomic mass is 32.1. The zero-order valence-electron chi connectivity index (χ0n) is 12.4. The summed E-state index contributed by atoms with van der Waals surface area (Å²) >= 11 is 1.46. The van der Waals surface area contributed by atoms with Crippen LogP contribution in [0.5, 0.6) is 0 Å². The Morgan fingerprint density at radius 2 is 2.00 bits per heavy atom. The maximum atomic E-state index is 6.05. The van der Waals surface area contributed by atoms with Crippen LogP contribution in [0.1, 0.15) is 11.4 Å². The molecular weight excluding hydrogens is 294 g/mol. The second-order valence-electron chi connectivity index (χ2n) is 5.60. The van der Waals surface area contributed by atoms with Gasteiger partial charge in [0.2, 0.25) is 5.13 Å². The number of hydrogen-bond acceptors (Lipinski definition) is 5. The van der Waals surface area contributed by atoms with Crippen molar-refractivity contribution in [2.75, 3.05) is 18.0 Å². The number of rotatable bonds is 4. The van der Waals surface area contributed by atoms with Crippen LogP contribution < -0.4 is 4.90 Å². The van der Waals surface area contributed by atoms with Crippen LogP contribution in [0.3, 0.4) is 0 Å². The fourth-order valence-corrected chi connectivity index (χ4v) is 3.43. The van der Waals surface area contributed by atoms with Crippen molar-refractivity contribution in [3.63, 3.8) is 0 Å². The Hall–Kier alpha value is -1.98. The Bertz CT molecular complexity index is 790. The molecule has 112 valence electrons. The molecule has 1 aliphatic rings. The Kier molecular flexibility index (Phi) is 3.52. The molecule has 0 atom stereocenters. The van der Waals surface area contributed by atoms with Crippen LogP contribution in [0.2, 0.25) is 0 Å². The van der Waals surface area contributed by atoms with Crippen molar-refractivity contribution < 1.29 is 4.74 Å². The number of nitrogens with zero attached hydrogens (tertiary/aromatic N) is 3. The number of anilines is 1. The van der Waals surface area contributed by atoms with E-state index in [1.54, 1.807) is 0 Å². The normalized spacial score (nSPS) is 15.2. The van der Waals surface area contributed by atoms with Gasteiger partial charge in [-0.2, -0.15) is 4.37 Å². The molecule has 0 unspecified atom stereocenters. The quantitative estimate of drug-likeness (QED) is 0.740. The van der Waals surface area contributed by atoms with Gasteiger partial charge in [0.05, 0.1) is 12.7 Å². The number of aromatic nitrogens is 2. The third kappa shape index (κ3) is 2.58. The minimum absolute atomic E-state index is 0.281. The van der Waals surface area contributed by atoms with Crippen molar-refractivity contribution in [3.8, 4) is 0 Å². The first-order valence-corrected chi connectivity index (χ1v) is 8.20. The first kappa shape index (κ1) is 13.7. The lowest BCUT2D eigenvalue weighted by molar-refractivity contribution is 0.0230. The molecule has 4 rings (SSSR count). The Morgan fingerprint density at radius 1 is 1.18 bits per heavy atom. The highest BCUT2D eigenvalue weighted by molar-refractivity contribution is 7.09. The van der Waals surface area contributed by atoms with E-state index in [1.807, 2.05) is 6.92 Å². The summed E-state index contributed by atoms with van der Waals surface area (Å²) in [6.45, 7) is 4.39. The molecule has 1 aromatic heterocycles. The molecule has 0 amide bonds. The van der Waals surface area contributed by atoms with Gasteiger partial charge in [-0.25, -0.2) is 4.98 Å². The molecule has 1 saturated heterocycles. The van der Waals surface area contributed by atoms with Gasteiger partial charge in [-0.3, -0.25) is 0 Å². The Balaban J connectivity index is 1.38. The molecule has 5 heteroatoms. The zero-order valence-corrected chi connectivity index (χ0v) is 13.2. The molecule has 22 heavy (non-hydrogen) atoms. The summed E-state index contributed by atoms with van der Waals surface area (Å²) in [6, 6.07) is 14.8. The van der Waals surface area contributed by atoms with E-state index in [0.29, 0.717) is 6.61 Å². The lowest BCUT2D eigenvalue weighted by atomic mass is 10.1. The molecule has 2 heterocycles. The van der Waals surface area contributed by atoms with Crippen LogP contribution in [-0.4, -0.2) is 28.6 Å². The molecule has 0 N–H and O–H groups in total. The molecule has 0 bridgehead atoms. The molecule has 0 saturated carbocycles. The van der Waals surface area contributed by atoms with Crippen LogP contribution >= 0.6 is 11.5 Å². The lowest BCUT2D eigenvalue weighted by Crippen LogP contribution is -2.52. The smallest absolute Gasteiger partial charge is 0.205 e. The van der Waals surface area contributed by atoms with E-state index in [9.17, 15) is 0 Å². The fourth-order valence-electron chi connectivity index (χ4n) is 2.74. The van der Waals surface area contributed by atoms with Crippen molar-refractivity contribution in [2.45, 2.75) is 19.6 Å². The first-order valence-electron chi connectivity index (χ1n) is 7.43. The Labute approximate surface area is 133 Å². The number of hydrogen-bond donors (Lipinski definition) is 0. The monoisotopic (exact) mass is 311 g/mol. The predicted molar refractivity (Wildman–Crippen MR) is 89.4 cm³/mol. The van der Waals surface area contributed by atoms with E-state index in [1.165, 1.54) is 27.9 Å². The maximum Gasteiger partial charge on any atom is 0.205 e. The zero-order chi connectivity index (χ0) is 14.9. The van der Waals surface area contributed by atoms with Gasteiger partial charge in [-0.15, -0.1) is 0 Å². The second-order valence-corrected chi connectivity index (χ2v) is 6.33. The number of aryl methyl sites for hydroxylation is 1. The molecule has 0 aliphatic carbocycles. The molecule has 1 fully saturated rings. The van der Waals surface area contributed by atoms with E-state index < -0.39 is 0 Å². The molecular formula is C17H17N3OS. The third-order valence-electron chi connectivity index (χ3n) is 3.99. The summed E-state index contributed by atoms with van der Waals surface area (Å²) in [4.78, 5) is 6.62. The fraction of sp³-hybridized carbons (Fsp3) is 0.294. The van der Waals surface area contributed by atoms with Crippen LogP contribution in [0.15, 0.2) is 42.5 Å². The van der Waals surface area contributed by atoms with E-state index in [0.717, 1.165) is 24.0 Å². The van der Waals surface area contributed by atoms with E-state index in [-0.39, 0.29) is 6.10 Å². The Morgan fingerprint density at radius 3 is 2.82 bits per heavy atom. The highest BCUT2D eigenvalue weighted by Gasteiger charge is 2.29. The summed E-state index contributed by atoms with van der Waals surface area (Å²) in [6.07, 6.45) is 0.281. The third-order valence-corrected chi connectivity index (χ3v) is 4.86. The molecule has 4 nitrogen and oxygen atoms in total. The summed E-state index contributed by atoms with van der Waals surface area (Å²) < 4.78 is 10.3. The van der Waals surface area contributed by atoms with Gasteiger partial charge in [-0.05, 0) is 23.3 Å². The summed E-state index contributed by atoms with van der Waals surface area (Å²) in [5.41, 5.74) is 1.25. The van der Waals surface area contributed by atoms with Crippen molar-refractivity contribution in [2.24, 2.45) is 0 Å². The van der Waals surface area contributed by atoms with Gasteiger partial charge in [0.25, 0.3) is 0 Å². The molecule has 2 aromatic carbocycles. The van der Waals surface area contributed by atoms with Gasteiger partial charge in [0.1, 0.15) is 5.82 Å². The van der Waals surface area contributed by atoms with E-state index in [2.05, 4.69) is 56.7 Å². The number of ether oxygens (including phenoxy) is 1. The van der Waals surface area contributed by atoms with Crippen molar-refractivity contribution in [1.82, 2.24) is 9.36 Å². The average molecular weight is 311 g/mol. The lowest BCUT2D eigenvalue weighted by Gasteiger charge is -2.38. The summed E-state index contributed by atoms with van der Waals surface area (Å²) in [5, 5.41) is 3.55. The average Bonchev–Trinajstić information content (AvgIpc) is 2.92. The predicted octanol–water partition coefficient (Wildman–Crippen LogP) is 3.41. The van der Waals surface area contributed by atoms with E-state index in [4.69, 9.17) is 4.74 Å². The number of benzene rings is 2. The standard InChI is InChI=1S/C17H17N3OS/c1-12-18-17(22-19-12)20-9-15(10-20)21-11-14-7-4-6-13-5-2-3-8-16(13)14/h2-8,15H,9-11H2,1H3. The topological polar surface area (TPSA) is 38.2 Å². The van der Waals surface area contributed by atoms with Crippen LogP contribution in [-0.2, 0) is 11.3 Å². The second kappa shape index (κ2) is 5.66. The first-order chi connectivity index (χ1) is 10.8. The van der Waals surface area contributed by atoms with Gasteiger partial charge >= 0.3 is 0 Å². The highest BCUT2D eigenvalue weighted by Crippen LogP contribution is 2.25. The molecule has 0 radical (unpaired) electrons. The minimum Gasteiger partial charge on any atom is -0.370 e. The molecule has 1 aliphatic heterocycles. The SMILES string of the molecule is Cc1nsc(N2CC(OCc3cccc4ccccc34)C2)n1. The van der Waals surface area contributed by atoms with Crippen LogP contribution in [0, 0.1) is 6.92 Å².